The van der Waals surface area contributed by atoms with Crippen LogP contribution in [0.15, 0.2) is 143 Å². The molecule has 5 aromatic rings. The van der Waals surface area contributed by atoms with Gasteiger partial charge in [-0.2, -0.15) is 0 Å². The quantitative estimate of drug-likeness (QED) is 0.130. The molecule has 2 aliphatic heterocycles. The van der Waals surface area contributed by atoms with Crippen LogP contribution in [0.2, 0.25) is 4.82 Å². The van der Waals surface area contributed by atoms with E-state index in [0.29, 0.717) is 17.6 Å². The summed E-state index contributed by atoms with van der Waals surface area (Å²) in [5.74, 6) is -0.766. The van der Waals surface area contributed by atoms with Crippen LogP contribution in [0.25, 0.3) is 0 Å². The molecule has 256 valence electrons. The maximum absolute atomic E-state index is 16.9. The van der Waals surface area contributed by atoms with Crippen molar-refractivity contribution >= 4 is 20.9 Å². The first kappa shape index (κ1) is 34.0. The van der Waals surface area contributed by atoms with Crippen molar-refractivity contribution in [2.75, 3.05) is 13.2 Å². The summed E-state index contributed by atoms with van der Waals surface area (Å²) in [6.45, 7) is 0.625. The molecule has 0 N–H and O–H groups in total. The van der Waals surface area contributed by atoms with Gasteiger partial charge in [-0.15, -0.1) is 0 Å². The number of hydrogen-bond acceptors (Lipinski definition) is 6. The summed E-state index contributed by atoms with van der Waals surface area (Å²) in [7, 11) is 0. The first-order valence-electron chi connectivity index (χ1n) is 16.8. The Morgan fingerprint density at radius 3 is 1.90 bits per heavy atom. The van der Waals surface area contributed by atoms with E-state index in [1.165, 1.54) is 22.9 Å². The molecule has 0 radical (unpaired) electrons. The molecule has 8 nitrogen and oxygen atoms in total. The summed E-state index contributed by atoms with van der Waals surface area (Å²) in [5, 5.41) is 0. The van der Waals surface area contributed by atoms with E-state index >= 15 is 4.39 Å². The molecule has 4 aromatic carbocycles. The van der Waals surface area contributed by atoms with Crippen LogP contribution in [-0.4, -0.2) is 61.8 Å². The molecule has 1 unspecified atom stereocenters. The SMILES string of the molecule is O=C(c1ccccc1)n1c(=O)ccn([C@@H]2[Se][C@H](COC(c3ccccc3)(c3ccccc3)c3ccccc3)[C@@H](OC3CCCCO3)[C@@H]2F)c1=O. The molecule has 0 saturated carbocycles. The zero-order valence-corrected chi connectivity index (χ0v) is 29.0. The molecule has 2 aliphatic rings. The molecule has 1 aromatic heterocycles. The van der Waals surface area contributed by atoms with Gasteiger partial charge in [-0.25, -0.2) is 0 Å². The molecular weight excluding hydrogens is 702 g/mol. The molecule has 50 heavy (non-hydrogen) atoms. The fourth-order valence-corrected chi connectivity index (χ4v) is 9.85. The third-order valence-electron chi connectivity index (χ3n) is 9.23. The topological polar surface area (TPSA) is 88.8 Å². The number of nitrogens with zero attached hydrogens (tertiary/aromatic N) is 2. The number of carbonyl (C=O) groups is 1. The van der Waals surface area contributed by atoms with E-state index in [1.807, 2.05) is 91.0 Å². The number of halogens is 1. The number of carbonyl (C=O) groups excluding carboxylic acids is 1. The van der Waals surface area contributed by atoms with Gasteiger partial charge < -0.3 is 0 Å². The van der Waals surface area contributed by atoms with Gasteiger partial charge in [0.1, 0.15) is 0 Å². The van der Waals surface area contributed by atoms with E-state index in [9.17, 15) is 14.4 Å². The summed E-state index contributed by atoms with van der Waals surface area (Å²) < 4.78 is 38.1. The Kier molecular flexibility index (Phi) is 10.4. The van der Waals surface area contributed by atoms with Crippen LogP contribution in [0.5, 0.6) is 0 Å². The molecule has 3 heterocycles. The number of rotatable bonds is 10. The second-order valence-electron chi connectivity index (χ2n) is 12.3. The van der Waals surface area contributed by atoms with E-state index in [-0.39, 0.29) is 12.2 Å². The van der Waals surface area contributed by atoms with Crippen molar-refractivity contribution in [1.82, 2.24) is 9.13 Å². The summed E-state index contributed by atoms with van der Waals surface area (Å²) in [6, 6.07) is 39.1. The van der Waals surface area contributed by atoms with Gasteiger partial charge in [0.25, 0.3) is 0 Å². The summed E-state index contributed by atoms with van der Waals surface area (Å²) in [5.41, 5.74) is 0.206. The Labute approximate surface area is 295 Å². The van der Waals surface area contributed by atoms with Gasteiger partial charge in [0, 0.05) is 0 Å². The zero-order valence-electron chi connectivity index (χ0n) is 27.3. The average molecular weight is 740 g/mol. The monoisotopic (exact) mass is 740 g/mol. The molecule has 5 atom stereocenters. The molecule has 0 bridgehead atoms. The van der Waals surface area contributed by atoms with Crippen LogP contribution in [-0.2, 0) is 19.8 Å². The molecule has 2 saturated heterocycles. The van der Waals surface area contributed by atoms with Crippen molar-refractivity contribution in [3.05, 3.63) is 177 Å². The Bertz CT molecular complexity index is 1910. The van der Waals surface area contributed by atoms with Gasteiger partial charge in [-0.3, -0.25) is 0 Å². The van der Waals surface area contributed by atoms with E-state index in [0.717, 1.165) is 35.6 Å². The van der Waals surface area contributed by atoms with Crippen LogP contribution in [0, 0.1) is 0 Å². The fraction of sp³-hybridized carbons (Fsp3) is 0.275. The average Bonchev–Trinajstić information content (AvgIpc) is 3.47. The summed E-state index contributed by atoms with van der Waals surface area (Å²) in [6.07, 6.45) is 0.545. The maximum atomic E-state index is 16.9. The summed E-state index contributed by atoms with van der Waals surface area (Å²) >= 11 is -0.615. The number of hydrogen-bond donors (Lipinski definition) is 0. The second kappa shape index (κ2) is 15.2. The first-order chi connectivity index (χ1) is 24.5. The predicted molar refractivity (Wildman–Crippen MR) is 188 cm³/mol. The normalized spacial score (nSPS) is 22.3. The molecule has 0 spiro atoms. The predicted octanol–water partition coefficient (Wildman–Crippen LogP) is 5.96. The number of alkyl halides is 1. The standard InChI is InChI=1S/C40H37FN2O6Se/c41-35-36(49-34-23-13-14-26-47-34)32(50-38(35)42-25-24-33(44)43(39(42)46)37(45)28-15-5-1-6-16-28)27-48-40(29-17-7-2-8-18-29,30-19-9-3-10-20-30)31-21-11-4-12-22-31/h1-12,15-22,24-25,32,34-36,38H,13-14,23,26-27H2/t32-,34?,35+,36-,38-/m1/s1. The molecule has 0 amide bonds. The fourth-order valence-electron chi connectivity index (χ4n) is 6.77. The van der Waals surface area contributed by atoms with Crippen LogP contribution in [0.4, 0.5) is 4.39 Å². The molecule has 10 heteroatoms. The van der Waals surface area contributed by atoms with Crippen molar-refractivity contribution in [2.45, 2.75) is 53.2 Å². The molecule has 2 fully saturated rings. The second-order valence-corrected chi connectivity index (χ2v) is 15.2. The van der Waals surface area contributed by atoms with Crippen LogP contribution < -0.4 is 11.2 Å². The van der Waals surface area contributed by atoms with Gasteiger partial charge in [0.05, 0.1) is 0 Å². The van der Waals surface area contributed by atoms with Crippen LogP contribution in [0.1, 0.15) is 51.3 Å². The van der Waals surface area contributed by atoms with E-state index < -0.39 is 66.0 Å². The third kappa shape index (κ3) is 6.69. The van der Waals surface area contributed by atoms with Gasteiger partial charge >= 0.3 is 296 Å². The Balaban J connectivity index is 1.27. The van der Waals surface area contributed by atoms with Crippen molar-refractivity contribution in [1.29, 1.82) is 0 Å². The zero-order chi connectivity index (χ0) is 34.5. The molecular formula is C40H37FN2O6Se. The van der Waals surface area contributed by atoms with E-state index in [2.05, 4.69) is 0 Å². The molecule has 7 rings (SSSR count). The Morgan fingerprint density at radius 2 is 1.36 bits per heavy atom. The minimum atomic E-state index is -1.64. The number of aromatic nitrogens is 2. The first-order valence-corrected chi connectivity index (χ1v) is 18.8. The van der Waals surface area contributed by atoms with E-state index in [1.54, 1.807) is 18.2 Å². The van der Waals surface area contributed by atoms with Gasteiger partial charge in [-0.05, 0) is 0 Å². The molecule has 0 aliphatic carbocycles. The van der Waals surface area contributed by atoms with Gasteiger partial charge in [0.2, 0.25) is 0 Å². The van der Waals surface area contributed by atoms with Crippen molar-refractivity contribution in [3.8, 4) is 0 Å². The van der Waals surface area contributed by atoms with Crippen LogP contribution in [0.3, 0.4) is 0 Å². The minimum absolute atomic E-state index is 0.102. The van der Waals surface area contributed by atoms with Gasteiger partial charge in [-0.1, -0.05) is 0 Å². The van der Waals surface area contributed by atoms with Crippen molar-refractivity contribution < 1.29 is 23.4 Å². The third-order valence-corrected chi connectivity index (χ3v) is 12.4. The van der Waals surface area contributed by atoms with Gasteiger partial charge in [0.15, 0.2) is 0 Å². The van der Waals surface area contributed by atoms with Crippen molar-refractivity contribution in [2.24, 2.45) is 0 Å². The number of benzene rings is 4. The Morgan fingerprint density at radius 1 is 0.800 bits per heavy atom. The van der Waals surface area contributed by atoms with E-state index in [4.69, 9.17) is 14.2 Å². The number of ether oxygens (including phenoxy) is 3. The Hall–Kier alpha value is -4.44. The van der Waals surface area contributed by atoms with Crippen LogP contribution >= 0.6 is 0 Å². The summed E-state index contributed by atoms with van der Waals surface area (Å²) in [4.78, 5) is 38.7. The van der Waals surface area contributed by atoms with Crippen molar-refractivity contribution in [3.63, 3.8) is 0 Å².